The third kappa shape index (κ3) is 3.95. The second-order valence-corrected chi connectivity index (χ2v) is 4.96. The van der Waals surface area contributed by atoms with Crippen LogP contribution in [0.5, 0.6) is 0 Å². The molecule has 1 unspecified atom stereocenters. The standard InChI is InChI=1S/C8H13NS2/c1-2-3-9-6-8-7-10-4-5-11-8/h1,8-9H,3-7H2. The van der Waals surface area contributed by atoms with Gasteiger partial charge in [-0.2, -0.15) is 23.5 Å². The lowest BCUT2D eigenvalue weighted by Crippen LogP contribution is -2.29. The SMILES string of the molecule is C#CCNCC1CSCCS1. The number of thioether (sulfide) groups is 2. The predicted molar refractivity (Wildman–Crippen MR) is 55.3 cm³/mol. The van der Waals surface area contributed by atoms with Crippen molar-refractivity contribution in [3.05, 3.63) is 0 Å². The van der Waals surface area contributed by atoms with E-state index in [4.69, 9.17) is 6.42 Å². The lowest BCUT2D eigenvalue weighted by Gasteiger charge is -2.20. The molecular weight excluding hydrogens is 174 g/mol. The molecule has 0 aromatic rings. The van der Waals surface area contributed by atoms with Crippen LogP contribution in [0.15, 0.2) is 0 Å². The van der Waals surface area contributed by atoms with Crippen molar-refractivity contribution in [1.29, 1.82) is 0 Å². The molecular formula is C8H13NS2. The summed E-state index contributed by atoms with van der Waals surface area (Å²) in [6.45, 7) is 1.78. The Labute approximate surface area is 77.1 Å². The first-order valence-corrected chi connectivity index (χ1v) is 5.97. The Bertz CT molecular complexity index is 136. The van der Waals surface area contributed by atoms with E-state index in [0.717, 1.165) is 11.8 Å². The van der Waals surface area contributed by atoms with E-state index in [2.05, 4.69) is 23.0 Å². The van der Waals surface area contributed by atoms with Gasteiger partial charge in [-0.1, -0.05) is 5.92 Å². The first-order valence-electron chi connectivity index (χ1n) is 3.77. The Balaban J connectivity index is 2.01. The van der Waals surface area contributed by atoms with E-state index >= 15 is 0 Å². The van der Waals surface area contributed by atoms with Crippen LogP contribution in [0.4, 0.5) is 0 Å². The highest BCUT2D eigenvalue weighted by Crippen LogP contribution is 2.22. The topological polar surface area (TPSA) is 12.0 Å². The molecule has 1 saturated heterocycles. The highest BCUT2D eigenvalue weighted by atomic mass is 32.2. The predicted octanol–water partition coefficient (Wildman–Crippen LogP) is 1.06. The van der Waals surface area contributed by atoms with Gasteiger partial charge < -0.3 is 5.32 Å². The molecule has 1 aliphatic heterocycles. The average Bonchev–Trinajstić information content (AvgIpc) is 2.07. The van der Waals surface area contributed by atoms with E-state index in [1.807, 2.05) is 11.8 Å². The van der Waals surface area contributed by atoms with Crippen molar-refractivity contribution in [2.45, 2.75) is 5.25 Å². The van der Waals surface area contributed by atoms with E-state index in [0.29, 0.717) is 6.54 Å². The molecule has 1 atom stereocenters. The van der Waals surface area contributed by atoms with Crippen molar-refractivity contribution in [3.63, 3.8) is 0 Å². The van der Waals surface area contributed by atoms with Crippen LogP contribution in [0.25, 0.3) is 0 Å². The first-order chi connectivity index (χ1) is 5.43. The molecule has 1 nitrogen and oxygen atoms in total. The highest BCUT2D eigenvalue weighted by molar-refractivity contribution is 8.06. The van der Waals surface area contributed by atoms with E-state index < -0.39 is 0 Å². The summed E-state index contributed by atoms with van der Waals surface area (Å²) in [5.74, 6) is 6.47. The monoisotopic (exact) mass is 187 g/mol. The first kappa shape index (κ1) is 9.31. The zero-order valence-corrected chi connectivity index (χ0v) is 8.14. The minimum Gasteiger partial charge on any atom is -0.305 e. The minimum absolute atomic E-state index is 0.710. The van der Waals surface area contributed by atoms with Gasteiger partial charge in [-0.05, 0) is 0 Å². The second-order valence-electron chi connectivity index (χ2n) is 2.40. The smallest absolute Gasteiger partial charge is 0.0574 e. The zero-order chi connectivity index (χ0) is 7.94. The summed E-state index contributed by atoms with van der Waals surface area (Å²) in [4.78, 5) is 0. The number of nitrogens with one attached hydrogen (secondary N) is 1. The van der Waals surface area contributed by atoms with Gasteiger partial charge in [0.25, 0.3) is 0 Å². The van der Waals surface area contributed by atoms with Crippen molar-refractivity contribution in [3.8, 4) is 12.3 Å². The van der Waals surface area contributed by atoms with Crippen LogP contribution in [0.2, 0.25) is 0 Å². The third-order valence-electron chi connectivity index (χ3n) is 1.48. The summed E-state index contributed by atoms with van der Waals surface area (Å²) in [6.07, 6.45) is 5.12. The summed E-state index contributed by atoms with van der Waals surface area (Å²) >= 11 is 4.11. The van der Waals surface area contributed by atoms with E-state index in [9.17, 15) is 0 Å². The molecule has 0 aromatic carbocycles. The molecule has 1 heterocycles. The lowest BCUT2D eigenvalue weighted by atomic mass is 10.4. The molecule has 1 fully saturated rings. The summed E-state index contributed by atoms with van der Waals surface area (Å²) in [5, 5.41) is 4.01. The van der Waals surface area contributed by atoms with E-state index in [-0.39, 0.29) is 0 Å². The molecule has 11 heavy (non-hydrogen) atoms. The normalized spacial score (nSPS) is 24.5. The molecule has 1 aliphatic rings. The van der Waals surface area contributed by atoms with Gasteiger partial charge in [0.1, 0.15) is 0 Å². The lowest BCUT2D eigenvalue weighted by molar-refractivity contribution is 0.751. The van der Waals surface area contributed by atoms with Gasteiger partial charge in [0.2, 0.25) is 0 Å². The number of hydrogen-bond acceptors (Lipinski definition) is 3. The molecule has 0 amide bonds. The molecule has 1 N–H and O–H groups in total. The van der Waals surface area contributed by atoms with Gasteiger partial charge in [-0.15, -0.1) is 6.42 Å². The third-order valence-corrected chi connectivity index (χ3v) is 4.33. The van der Waals surface area contributed by atoms with Gasteiger partial charge in [-0.25, -0.2) is 0 Å². The fraction of sp³-hybridized carbons (Fsp3) is 0.750. The fourth-order valence-corrected chi connectivity index (χ4v) is 3.61. The summed E-state index contributed by atoms with van der Waals surface area (Å²) in [5.41, 5.74) is 0. The molecule has 0 aliphatic carbocycles. The molecule has 0 bridgehead atoms. The quantitative estimate of drug-likeness (QED) is 0.524. The van der Waals surface area contributed by atoms with Crippen LogP contribution in [0, 0.1) is 12.3 Å². The number of terminal acetylenes is 1. The summed E-state index contributed by atoms with van der Waals surface area (Å²) in [6, 6.07) is 0. The maximum Gasteiger partial charge on any atom is 0.0574 e. The Morgan fingerprint density at radius 1 is 1.55 bits per heavy atom. The molecule has 62 valence electrons. The zero-order valence-electron chi connectivity index (χ0n) is 6.51. The summed E-state index contributed by atoms with van der Waals surface area (Å²) in [7, 11) is 0. The number of hydrogen-bond donors (Lipinski definition) is 1. The Kier molecular flexibility index (Phi) is 4.92. The van der Waals surface area contributed by atoms with Gasteiger partial charge in [0, 0.05) is 29.1 Å². The molecule has 0 saturated carbocycles. The molecule has 1 rings (SSSR count). The van der Waals surface area contributed by atoms with E-state index in [1.165, 1.54) is 17.3 Å². The van der Waals surface area contributed by atoms with Crippen molar-refractivity contribution in [2.75, 3.05) is 30.3 Å². The second kappa shape index (κ2) is 5.82. The maximum atomic E-state index is 5.12. The van der Waals surface area contributed by atoms with E-state index in [1.54, 1.807) is 0 Å². The summed E-state index contributed by atoms with van der Waals surface area (Å²) < 4.78 is 0. The van der Waals surface area contributed by atoms with Crippen LogP contribution in [-0.4, -0.2) is 35.6 Å². The van der Waals surface area contributed by atoms with Gasteiger partial charge in [0.15, 0.2) is 0 Å². The number of rotatable bonds is 3. The van der Waals surface area contributed by atoms with Crippen LogP contribution >= 0.6 is 23.5 Å². The Morgan fingerprint density at radius 2 is 2.45 bits per heavy atom. The van der Waals surface area contributed by atoms with Crippen molar-refractivity contribution in [1.82, 2.24) is 5.32 Å². The van der Waals surface area contributed by atoms with Crippen molar-refractivity contribution < 1.29 is 0 Å². The average molecular weight is 187 g/mol. The van der Waals surface area contributed by atoms with Crippen molar-refractivity contribution in [2.24, 2.45) is 0 Å². The molecule has 3 heteroatoms. The molecule has 0 aromatic heterocycles. The van der Waals surface area contributed by atoms with Gasteiger partial charge >= 0.3 is 0 Å². The molecule has 0 radical (unpaired) electrons. The highest BCUT2D eigenvalue weighted by Gasteiger charge is 2.12. The van der Waals surface area contributed by atoms with Gasteiger partial charge in [0.05, 0.1) is 6.54 Å². The Morgan fingerprint density at radius 3 is 3.09 bits per heavy atom. The molecule has 0 spiro atoms. The van der Waals surface area contributed by atoms with Crippen molar-refractivity contribution >= 4 is 23.5 Å². The Hall–Kier alpha value is 0.220. The maximum absolute atomic E-state index is 5.12. The van der Waals surface area contributed by atoms with Gasteiger partial charge in [-0.3, -0.25) is 0 Å². The fourth-order valence-electron chi connectivity index (χ4n) is 0.960. The van der Waals surface area contributed by atoms with Crippen LogP contribution < -0.4 is 5.32 Å². The minimum atomic E-state index is 0.710. The van der Waals surface area contributed by atoms with Crippen LogP contribution in [-0.2, 0) is 0 Å². The van der Waals surface area contributed by atoms with Crippen LogP contribution in [0.3, 0.4) is 0 Å². The largest absolute Gasteiger partial charge is 0.305 e. The van der Waals surface area contributed by atoms with Crippen LogP contribution in [0.1, 0.15) is 0 Å².